The Morgan fingerprint density at radius 3 is 1.11 bits per heavy atom. The molecule has 1 aliphatic rings. The molecule has 66 heavy (non-hydrogen) atoms. The summed E-state index contributed by atoms with van der Waals surface area (Å²) in [4.78, 5) is 0. The minimum Gasteiger partial charge on any atom is -0.493 e. The molecule has 0 saturated carbocycles. The summed E-state index contributed by atoms with van der Waals surface area (Å²) in [6.45, 7) is 18.6. The van der Waals surface area contributed by atoms with Gasteiger partial charge in [0.15, 0.2) is 0 Å². The Morgan fingerprint density at radius 2 is 0.727 bits per heavy atom. The number of aliphatic hydroxyl groups excluding tert-OH is 2. The Morgan fingerprint density at radius 1 is 0.394 bits per heavy atom. The van der Waals surface area contributed by atoms with Crippen molar-refractivity contribution in [3.8, 4) is 0 Å². The van der Waals surface area contributed by atoms with Gasteiger partial charge in [0.25, 0.3) is 0 Å². The molecule has 1 aliphatic heterocycles. The van der Waals surface area contributed by atoms with E-state index in [2.05, 4.69) is 104 Å². The minimum atomic E-state index is 0. The van der Waals surface area contributed by atoms with E-state index in [-0.39, 0.29) is 16.5 Å². The number of aliphatic hydroxyl groups is 2. The number of allylic oxidation sites excluding steroid dienone is 4. The van der Waals surface area contributed by atoms with E-state index in [9.17, 15) is 5.53 Å². The van der Waals surface area contributed by atoms with Gasteiger partial charge >= 0.3 is 0 Å². The second kappa shape index (κ2) is 43.9. The molecule has 2 aromatic rings. The average Bonchev–Trinajstić information content (AvgIpc) is 3.59. The summed E-state index contributed by atoms with van der Waals surface area (Å²) in [6.07, 6.45) is 44.7. The third-order valence-electron chi connectivity index (χ3n) is 12.8. The van der Waals surface area contributed by atoms with E-state index in [1.165, 1.54) is 179 Å². The fraction of sp³-hybridized carbons (Fsp3) is 0.705. The maximum Gasteiger partial charge on any atom is 0.215 e. The topological polar surface area (TPSA) is 65.8 Å². The second-order valence-electron chi connectivity index (χ2n) is 19.1. The third-order valence-corrected chi connectivity index (χ3v) is 12.8. The monoisotopic (exact) mass is 955 g/mol. The van der Waals surface area contributed by atoms with E-state index in [1.54, 1.807) is 4.70 Å². The Hall–Kier alpha value is -2.33. The van der Waals surface area contributed by atoms with Gasteiger partial charge in [-0.05, 0) is 136 Å². The van der Waals surface area contributed by atoms with Crippen molar-refractivity contribution in [2.45, 2.75) is 267 Å². The maximum absolute atomic E-state index is 12.7. The molecule has 4 nitrogen and oxygen atoms in total. The Bertz CT molecular complexity index is 1520. The quantitative estimate of drug-likeness (QED) is 0.0406. The fourth-order valence-electron chi connectivity index (χ4n) is 8.72. The number of hydrogen-bond donors (Lipinski definition) is 2. The molecule has 0 aliphatic carbocycles. The number of benzene rings is 2. The number of unbranched alkanes of at least 4 members (excludes halogenated alkanes) is 20. The minimum absolute atomic E-state index is 0. The van der Waals surface area contributed by atoms with E-state index in [0.29, 0.717) is 13.2 Å². The molecule has 0 amide bonds. The second-order valence-corrected chi connectivity index (χ2v) is 19.1. The Balaban J connectivity index is 0.00000345. The van der Waals surface area contributed by atoms with Crippen molar-refractivity contribution in [2.24, 2.45) is 0 Å². The molecule has 0 bridgehead atoms. The van der Waals surface area contributed by atoms with Crippen molar-refractivity contribution >= 4 is 11.4 Å². The van der Waals surface area contributed by atoms with Gasteiger partial charge in [0.2, 0.25) is 11.4 Å². The summed E-state index contributed by atoms with van der Waals surface area (Å²) in [7, 11) is 0. The zero-order valence-corrected chi connectivity index (χ0v) is 45.5. The van der Waals surface area contributed by atoms with Gasteiger partial charge in [-0.25, -0.2) is 4.70 Å². The van der Waals surface area contributed by atoms with E-state index in [0.717, 1.165) is 88.4 Å². The van der Waals surface area contributed by atoms with Gasteiger partial charge in [-0.1, -0.05) is 202 Å². The smallest absolute Gasteiger partial charge is 0.215 e. The van der Waals surface area contributed by atoms with Crippen LogP contribution in [-0.4, -0.2) is 28.1 Å². The van der Waals surface area contributed by atoms with Crippen LogP contribution < -0.4 is 0 Å². The number of rotatable bonds is 36. The zero-order chi connectivity index (χ0) is 47.8. The zero-order valence-electron chi connectivity index (χ0n) is 44.5. The van der Waals surface area contributed by atoms with Gasteiger partial charge < -0.3 is 15.7 Å². The van der Waals surface area contributed by atoms with Gasteiger partial charge in [0.1, 0.15) is 0 Å². The first-order chi connectivity index (χ1) is 31.8. The summed E-state index contributed by atoms with van der Waals surface area (Å²) in [5.41, 5.74) is 25.4. The molecule has 2 N–H and O–H groups in total. The molecule has 0 aromatic heterocycles. The van der Waals surface area contributed by atoms with Crippen LogP contribution in [0.1, 0.15) is 275 Å². The van der Waals surface area contributed by atoms with Crippen molar-refractivity contribution in [1.29, 1.82) is 0 Å². The van der Waals surface area contributed by atoms with Crippen LogP contribution in [-0.2, 0) is 42.2 Å². The van der Waals surface area contributed by atoms with Gasteiger partial charge in [0, 0.05) is 46.4 Å². The summed E-state index contributed by atoms with van der Waals surface area (Å²) in [6, 6.07) is 14.7. The van der Waals surface area contributed by atoms with E-state index >= 15 is 0 Å². The van der Waals surface area contributed by atoms with Crippen LogP contribution in [0, 0.1) is 0 Å². The maximum atomic E-state index is 12.7. The van der Waals surface area contributed by atoms with Gasteiger partial charge in [0.05, 0.1) is 5.57 Å². The molecule has 0 spiro atoms. The number of hydrogen-bond acceptors (Lipinski definition) is 2. The van der Waals surface area contributed by atoms with Crippen LogP contribution in [0.2, 0.25) is 0 Å². The number of aryl methyl sites for hydroxylation is 4. The van der Waals surface area contributed by atoms with Gasteiger partial charge in [-0.15, -0.1) is 0 Å². The van der Waals surface area contributed by atoms with Crippen molar-refractivity contribution in [1.82, 2.24) is 0 Å². The summed E-state index contributed by atoms with van der Waals surface area (Å²) >= 11 is 0. The first kappa shape index (κ1) is 63.7. The van der Waals surface area contributed by atoms with Gasteiger partial charge in [-0.3, -0.25) is 0 Å². The van der Waals surface area contributed by atoms with Crippen molar-refractivity contribution in [2.75, 3.05) is 13.2 Å². The molecule has 0 fully saturated rings. The first-order valence-corrected chi connectivity index (χ1v) is 27.9. The van der Waals surface area contributed by atoms with Gasteiger partial charge in [-0.2, -0.15) is 0 Å². The molecule has 0 atom stereocenters. The molecule has 2 aromatic carbocycles. The molecule has 3 rings (SSSR count). The average molecular weight is 956 g/mol. The molecule has 1 heterocycles. The molecule has 0 unspecified atom stereocenters. The van der Waals surface area contributed by atoms with Crippen LogP contribution in [0.3, 0.4) is 0 Å². The molecular weight excluding hydrogens is 851 g/mol. The normalized spacial score (nSPS) is 12.4. The predicted octanol–water partition coefficient (Wildman–Crippen LogP) is 19.0. The van der Waals surface area contributed by atoms with E-state index < -0.39 is 0 Å². The SMILES string of the molecule is CCCCCCCC=CC1=C(c2cc(CCCCCCCC)cc(CCCCCCCC)c2)[N+](=[N-])C(c2cc(CCCC)cc(CCCC)c2)=C1CCCC.CCCCO.CCCCO.[Ni]. The molecular formula is C61H104N2NiO2. The molecule has 0 radical (unpaired) electrons. The van der Waals surface area contributed by atoms with Crippen LogP contribution >= 0.6 is 0 Å². The predicted molar refractivity (Wildman–Crippen MR) is 288 cm³/mol. The Kier molecular flexibility index (Phi) is 42.4. The fourth-order valence-corrected chi connectivity index (χ4v) is 8.72. The standard InChI is InChI=1S/C53H84N2.2C4H10O.Ni/c1-7-13-19-22-25-28-31-37-51-50(36-18-12-6)52(48-40-44(32-16-10-4)38-45(41-48)33-17-11-5)55(54)53(51)49-42-46(34-29-26-23-20-14-8-2)39-47(43-49)35-30-27-24-21-15-9-3;2*1-2-3-4-5;/h31,37-43H,7-30,32-36H2,1-6H3;2*5H,2-4H2,1H3;. The van der Waals surface area contributed by atoms with Crippen LogP contribution in [0.5, 0.6) is 0 Å². The summed E-state index contributed by atoms with van der Waals surface area (Å²) in [5, 5.41) is 16.1. The largest absolute Gasteiger partial charge is 0.493 e. The summed E-state index contributed by atoms with van der Waals surface area (Å²) in [5.74, 6) is 0. The van der Waals surface area contributed by atoms with Crippen LogP contribution in [0.4, 0.5) is 0 Å². The van der Waals surface area contributed by atoms with Crippen molar-refractivity contribution < 1.29 is 31.4 Å². The first-order valence-electron chi connectivity index (χ1n) is 27.9. The van der Waals surface area contributed by atoms with E-state index in [4.69, 9.17) is 10.2 Å². The van der Waals surface area contributed by atoms with Crippen LogP contribution in [0.25, 0.3) is 16.9 Å². The van der Waals surface area contributed by atoms with Crippen molar-refractivity contribution in [3.63, 3.8) is 0 Å². The Labute approximate surface area is 419 Å². The molecule has 380 valence electrons. The van der Waals surface area contributed by atoms with Crippen molar-refractivity contribution in [3.05, 3.63) is 98.6 Å². The summed E-state index contributed by atoms with van der Waals surface area (Å²) < 4.78 is 1.65. The molecule has 0 saturated heterocycles. The van der Waals surface area contributed by atoms with Crippen LogP contribution in [0.15, 0.2) is 59.7 Å². The molecule has 5 heteroatoms. The third kappa shape index (κ3) is 27.6. The number of nitrogens with zero attached hydrogens (tertiary/aromatic N) is 2. The van der Waals surface area contributed by atoms with E-state index in [1.807, 2.05) is 0 Å².